The second-order valence-corrected chi connectivity index (χ2v) is 5.09. The van der Waals surface area contributed by atoms with Gasteiger partial charge in [0.2, 0.25) is 0 Å². The summed E-state index contributed by atoms with van der Waals surface area (Å²) in [5, 5.41) is 6.07. The maximum absolute atomic E-state index is 12.0. The molecule has 0 aromatic heterocycles. The van der Waals surface area contributed by atoms with Crippen LogP contribution in [0, 0.1) is 13.8 Å². The van der Waals surface area contributed by atoms with E-state index in [1.165, 1.54) is 12.8 Å². The molecule has 4 heteroatoms. The van der Waals surface area contributed by atoms with E-state index >= 15 is 0 Å². The first-order chi connectivity index (χ1) is 8.65. The van der Waals surface area contributed by atoms with Gasteiger partial charge in [-0.15, -0.1) is 0 Å². The number of nitrogens with one attached hydrogen (secondary N) is 2. The van der Waals surface area contributed by atoms with Gasteiger partial charge in [-0.05, 0) is 43.4 Å². The molecule has 4 nitrogen and oxygen atoms in total. The number of carbonyl (C=O) groups is 1. The van der Waals surface area contributed by atoms with Crippen LogP contribution < -0.4 is 10.6 Å². The summed E-state index contributed by atoms with van der Waals surface area (Å²) in [7, 11) is 0. The van der Waals surface area contributed by atoms with Gasteiger partial charge in [0.25, 0.3) is 5.91 Å². The molecule has 0 bridgehead atoms. The first-order valence-electron chi connectivity index (χ1n) is 6.36. The highest BCUT2D eigenvalue weighted by Crippen LogP contribution is 2.28. The smallest absolute Gasteiger partial charge is 0.256 e. The number of hydrogen-bond donors (Lipinski definition) is 2. The maximum Gasteiger partial charge on any atom is 0.256 e. The number of hydrogen-bond acceptors (Lipinski definition) is 3. The highest BCUT2D eigenvalue weighted by molar-refractivity contribution is 6.05. The summed E-state index contributed by atoms with van der Waals surface area (Å²) in [5.74, 6) is 0.603. The van der Waals surface area contributed by atoms with Crippen LogP contribution in [0.15, 0.2) is 23.2 Å². The Morgan fingerprint density at radius 3 is 2.56 bits per heavy atom. The van der Waals surface area contributed by atoms with Crippen molar-refractivity contribution in [3.8, 4) is 0 Å². The number of carbonyl (C=O) groups excluding carboxylic acids is 1. The summed E-state index contributed by atoms with van der Waals surface area (Å²) >= 11 is 0. The van der Waals surface area contributed by atoms with E-state index in [1.54, 1.807) is 0 Å². The van der Waals surface area contributed by atoms with Gasteiger partial charge in [-0.3, -0.25) is 10.1 Å². The van der Waals surface area contributed by atoms with Crippen LogP contribution in [0.4, 0.5) is 0 Å². The highest BCUT2D eigenvalue weighted by atomic mass is 16.2. The van der Waals surface area contributed by atoms with Crippen LogP contribution in [0.3, 0.4) is 0 Å². The minimum absolute atomic E-state index is 0.0319. The lowest BCUT2D eigenvalue weighted by Gasteiger charge is -2.11. The Labute approximate surface area is 106 Å². The van der Waals surface area contributed by atoms with Crippen LogP contribution in [-0.2, 0) is 4.79 Å². The second-order valence-electron chi connectivity index (χ2n) is 5.09. The molecule has 1 aromatic carbocycles. The molecule has 1 aliphatic carbocycles. The third-order valence-corrected chi connectivity index (χ3v) is 3.48. The third kappa shape index (κ3) is 1.98. The Morgan fingerprint density at radius 2 is 1.94 bits per heavy atom. The van der Waals surface area contributed by atoms with Crippen molar-refractivity contribution in [2.24, 2.45) is 4.99 Å². The topological polar surface area (TPSA) is 53.5 Å². The van der Waals surface area contributed by atoms with Gasteiger partial charge >= 0.3 is 0 Å². The zero-order chi connectivity index (χ0) is 12.7. The van der Waals surface area contributed by atoms with E-state index in [9.17, 15) is 4.79 Å². The average molecular weight is 243 g/mol. The van der Waals surface area contributed by atoms with Crippen LogP contribution in [0.2, 0.25) is 0 Å². The number of rotatable bonds is 2. The van der Waals surface area contributed by atoms with E-state index in [-0.39, 0.29) is 5.91 Å². The minimum atomic E-state index is -0.396. The molecule has 2 N–H and O–H groups in total. The Hall–Kier alpha value is -1.84. The molecule has 1 heterocycles. The Balaban J connectivity index is 1.90. The van der Waals surface area contributed by atoms with Gasteiger partial charge in [-0.1, -0.05) is 18.2 Å². The molecule has 18 heavy (non-hydrogen) atoms. The lowest BCUT2D eigenvalue weighted by molar-refractivity contribution is -0.120. The fourth-order valence-corrected chi connectivity index (χ4v) is 2.35. The molecule has 3 rings (SSSR count). The molecule has 1 fully saturated rings. The molecule has 1 saturated carbocycles. The van der Waals surface area contributed by atoms with Crippen molar-refractivity contribution in [3.05, 3.63) is 34.9 Å². The molecule has 0 saturated heterocycles. The van der Waals surface area contributed by atoms with Crippen molar-refractivity contribution < 1.29 is 4.79 Å². The summed E-state index contributed by atoms with van der Waals surface area (Å²) in [4.78, 5) is 16.5. The molecule has 94 valence electrons. The van der Waals surface area contributed by atoms with Crippen LogP contribution in [0.1, 0.15) is 35.6 Å². The van der Waals surface area contributed by atoms with Crippen LogP contribution in [-0.4, -0.2) is 17.9 Å². The number of guanidine groups is 1. The summed E-state index contributed by atoms with van der Waals surface area (Å²) in [6.45, 7) is 4.05. The van der Waals surface area contributed by atoms with Crippen LogP contribution >= 0.6 is 0 Å². The molecular formula is C14H17N3O. The lowest BCUT2D eigenvalue weighted by atomic mass is 9.96. The molecule has 1 unspecified atom stereocenters. The molecule has 2 aliphatic rings. The largest absolute Gasteiger partial charge is 0.353 e. The van der Waals surface area contributed by atoms with E-state index in [0.717, 1.165) is 16.7 Å². The van der Waals surface area contributed by atoms with Gasteiger partial charge in [0, 0.05) is 6.04 Å². The normalized spacial score (nSPS) is 22.7. The maximum atomic E-state index is 12.0. The Kier molecular flexibility index (Phi) is 2.58. The van der Waals surface area contributed by atoms with Gasteiger partial charge in [-0.25, -0.2) is 4.99 Å². The van der Waals surface area contributed by atoms with Gasteiger partial charge < -0.3 is 5.32 Å². The van der Waals surface area contributed by atoms with Crippen molar-refractivity contribution in [2.75, 3.05) is 0 Å². The van der Waals surface area contributed by atoms with Crippen LogP contribution in [0.25, 0.3) is 0 Å². The van der Waals surface area contributed by atoms with E-state index in [1.807, 2.05) is 32.0 Å². The molecule has 1 aromatic rings. The summed E-state index contributed by atoms with van der Waals surface area (Å²) < 4.78 is 0. The number of benzene rings is 1. The predicted molar refractivity (Wildman–Crippen MR) is 70.4 cm³/mol. The first kappa shape index (κ1) is 11.3. The monoisotopic (exact) mass is 243 g/mol. The SMILES string of the molecule is Cc1cccc(C)c1C1N=C(NC2CC2)NC1=O. The van der Waals surface area contributed by atoms with Crippen molar-refractivity contribution in [3.63, 3.8) is 0 Å². The van der Waals surface area contributed by atoms with Crippen LogP contribution in [0.5, 0.6) is 0 Å². The molecule has 1 aliphatic heterocycles. The number of amides is 1. The van der Waals surface area contributed by atoms with E-state index in [4.69, 9.17) is 0 Å². The fraction of sp³-hybridized carbons (Fsp3) is 0.429. The molecular weight excluding hydrogens is 226 g/mol. The summed E-state index contributed by atoms with van der Waals surface area (Å²) in [5.41, 5.74) is 3.26. The van der Waals surface area contributed by atoms with E-state index in [2.05, 4.69) is 15.6 Å². The number of aryl methyl sites for hydroxylation is 2. The predicted octanol–water partition coefficient (Wildman–Crippen LogP) is 1.58. The summed E-state index contributed by atoms with van der Waals surface area (Å²) in [6, 6.07) is 6.16. The molecule has 1 amide bonds. The van der Waals surface area contributed by atoms with Crippen molar-refractivity contribution in [1.82, 2.24) is 10.6 Å². The van der Waals surface area contributed by atoms with Crippen molar-refractivity contribution in [1.29, 1.82) is 0 Å². The lowest BCUT2D eigenvalue weighted by Crippen LogP contribution is -2.37. The second kappa shape index (κ2) is 4.12. The Morgan fingerprint density at radius 1 is 1.28 bits per heavy atom. The summed E-state index contributed by atoms with van der Waals surface area (Å²) in [6.07, 6.45) is 2.34. The number of aliphatic imine (C=N–C) groups is 1. The van der Waals surface area contributed by atoms with E-state index in [0.29, 0.717) is 12.0 Å². The Bertz CT molecular complexity index is 512. The van der Waals surface area contributed by atoms with Gasteiger partial charge in [0.1, 0.15) is 0 Å². The zero-order valence-corrected chi connectivity index (χ0v) is 10.7. The average Bonchev–Trinajstić information content (AvgIpc) is 3.04. The molecule has 0 radical (unpaired) electrons. The highest BCUT2D eigenvalue weighted by Gasteiger charge is 2.32. The standard InChI is InChI=1S/C14H17N3O/c1-8-4-3-5-9(2)11(8)12-13(18)17-14(16-12)15-10-6-7-10/h3-5,10,12H,6-7H2,1-2H3,(H2,15,16,17,18). The van der Waals surface area contributed by atoms with Gasteiger partial charge in [0.05, 0.1) is 0 Å². The third-order valence-electron chi connectivity index (χ3n) is 3.48. The molecule has 1 atom stereocenters. The fourth-order valence-electron chi connectivity index (χ4n) is 2.35. The van der Waals surface area contributed by atoms with E-state index < -0.39 is 6.04 Å². The number of nitrogens with zero attached hydrogens (tertiary/aromatic N) is 1. The zero-order valence-electron chi connectivity index (χ0n) is 10.7. The quantitative estimate of drug-likeness (QED) is 0.828. The van der Waals surface area contributed by atoms with Crippen molar-refractivity contribution >= 4 is 11.9 Å². The molecule has 0 spiro atoms. The minimum Gasteiger partial charge on any atom is -0.353 e. The first-order valence-corrected chi connectivity index (χ1v) is 6.36. The van der Waals surface area contributed by atoms with Gasteiger partial charge in [0.15, 0.2) is 12.0 Å². The van der Waals surface area contributed by atoms with Gasteiger partial charge in [-0.2, -0.15) is 0 Å². The van der Waals surface area contributed by atoms with Crippen molar-refractivity contribution in [2.45, 2.75) is 38.8 Å².